The number of aldehydes is 1. The third-order valence-corrected chi connectivity index (χ3v) is 2.19. The summed E-state index contributed by atoms with van der Waals surface area (Å²) in [7, 11) is 0. The highest BCUT2D eigenvalue weighted by Gasteiger charge is 2.23. The Hall–Kier alpha value is -1.84. The van der Waals surface area contributed by atoms with Gasteiger partial charge in [-0.15, -0.1) is 0 Å². The van der Waals surface area contributed by atoms with E-state index in [1.165, 1.54) is 0 Å². The molecule has 72 valence electrons. The maximum Gasteiger partial charge on any atom is 0.288 e. The lowest BCUT2D eigenvalue weighted by Gasteiger charge is -2.21. The van der Waals surface area contributed by atoms with Gasteiger partial charge in [0, 0.05) is 5.56 Å². The molecule has 1 unspecified atom stereocenters. The van der Waals surface area contributed by atoms with Crippen LogP contribution in [0, 0.1) is 6.92 Å². The van der Waals surface area contributed by atoms with Gasteiger partial charge in [-0.2, -0.15) is 4.99 Å². The maximum atomic E-state index is 10.8. The van der Waals surface area contributed by atoms with Crippen LogP contribution in [0.5, 0.6) is 0 Å². The summed E-state index contributed by atoms with van der Waals surface area (Å²) >= 11 is 0. The molecule has 0 bridgehead atoms. The molecule has 0 spiro atoms. The molecule has 0 aliphatic carbocycles. The van der Waals surface area contributed by atoms with Gasteiger partial charge in [0.05, 0.1) is 5.69 Å². The van der Waals surface area contributed by atoms with E-state index in [1.54, 1.807) is 0 Å². The molecule has 14 heavy (non-hydrogen) atoms. The molecule has 1 aromatic rings. The number of ether oxygens (including phenoxy) is 1. The van der Waals surface area contributed by atoms with Crippen molar-refractivity contribution < 1.29 is 9.53 Å². The Morgan fingerprint density at radius 1 is 1.57 bits per heavy atom. The molecular weight excluding hydrogens is 180 g/mol. The van der Waals surface area contributed by atoms with Crippen molar-refractivity contribution in [2.45, 2.75) is 13.0 Å². The lowest BCUT2D eigenvalue weighted by atomic mass is 10.0. The first-order valence-corrected chi connectivity index (χ1v) is 4.28. The molecule has 0 aromatic heterocycles. The van der Waals surface area contributed by atoms with Gasteiger partial charge in [0.1, 0.15) is 0 Å². The van der Waals surface area contributed by atoms with Gasteiger partial charge in [-0.1, -0.05) is 12.1 Å². The van der Waals surface area contributed by atoms with Crippen molar-refractivity contribution in [3.8, 4) is 0 Å². The average molecular weight is 190 g/mol. The first-order valence-electron chi connectivity index (χ1n) is 4.28. The van der Waals surface area contributed by atoms with Crippen LogP contribution in [0.3, 0.4) is 0 Å². The average Bonchev–Trinajstić information content (AvgIpc) is 2.16. The molecule has 0 amide bonds. The largest absolute Gasteiger partial charge is 0.449 e. The van der Waals surface area contributed by atoms with E-state index >= 15 is 0 Å². The highest BCUT2D eigenvalue weighted by atomic mass is 16.5. The number of benzene rings is 1. The Morgan fingerprint density at radius 2 is 2.36 bits per heavy atom. The summed E-state index contributed by atoms with van der Waals surface area (Å²) in [5.41, 5.74) is 7.93. The SMILES string of the molecule is Cc1cccc2c1C(C=O)OC(N)=N2. The van der Waals surface area contributed by atoms with Crippen molar-refractivity contribution >= 4 is 18.0 Å². The summed E-state index contributed by atoms with van der Waals surface area (Å²) in [5, 5.41) is 0. The monoisotopic (exact) mass is 190 g/mol. The lowest BCUT2D eigenvalue weighted by molar-refractivity contribution is -0.114. The van der Waals surface area contributed by atoms with Crippen molar-refractivity contribution in [1.29, 1.82) is 0 Å². The summed E-state index contributed by atoms with van der Waals surface area (Å²) in [4.78, 5) is 14.8. The number of hydrogen-bond acceptors (Lipinski definition) is 4. The van der Waals surface area contributed by atoms with Crippen LogP contribution in [-0.4, -0.2) is 12.3 Å². The number of carbonyl (C=O) groups is 1. The highest BCUT2D eigenvalue weighted by Crippen LogP contribution is 2.33. The molecule has 1 atom stereocenters. The van der Waals surface area contributed by atoms with Crippen LogP contribution in [0.2, 0.25) is 0 Å². The van der Waals surface area contributed by atoms with E-state index < -0.39 is 6.10 Å². The van der Waals surface area contributed by atoms with Gasteiger partial charge in [0.2, 0.25) is 0 Å². The molecule has 0 fully saturated rings. The number of rotatable bonds is 1. The molecule has 0 saturated carbocycles. The minimum atomic E-state index is -0.622. The molecule has 1 aliphatic rings. The van der Waals surface area contributed by atoms with Gasteiger partial charge in [-0.05, 0) is 18.6 Å². The topological polar surface area (TPSA) is 64.7 Å². The molecule has 2 N–H and O–H groups in total. The molecule has 1 aliphatic heterocycles. The summed E-state index contributed by atoms with van der Waals surface area (Å²) in [6.45, 7) is 1.91. The summed E-state index contributed by atoms with van der Waals surface area (Å²) in [5.74, 6) is 0. The highest BCUT2D eigenvalue weighted by molar-refractivity contribution is 5.83. The van der Waals surface area contributed by atoms with Gasteiger partial charge in [-0.25, -0.2) is 0 Å². The van der Waals surface area contributed by atoms with Crippen LogP contribution < -0.4 is 5.73 Å². The Balaban J connectivity index is 2.62. The van der Waals surface area contributed by atoms with Gasteiger partial charge < -0.3 is 10.5 Å². The predicted molar refractivity (Wildman–Crippen MR) is 52.4 cm³/mol. The van der Waals surface area contributed by atoms with Crippen molar-refractivity contribution in [2.75, 3.05) is 0 Å². The van der Waals surface area contributed by atoms with Crippen LogP contribution >= 0.6 is 0 Å². The summed E-state index contributed by atoms with van der Waals surface area (Å²) < 4.78 is 5.10. The van der Waals surface area contributed by atoms with Gasteiger partial charge >= 0.3 is 0 Å². The lowest BCUT2D eigenvalue weighted by Crippen LogP contribution is -2.24. The summed E-state index contributed by atoms with van der Waals surface area (Å²) in [6.07, 6.45) is 0.108. The maximum absolute atomic E-state index is 10.8. The Kier molecular flexibility index (Phi) is 1.96. The fraction of sp³-hybridized carbons (Fsp3) is 0.200. The predicted octanol–water partition coefficient (Wildman–Crippen LogP) is 1.21. The number of hydrogen-bond donors (Lipinski definition) is 1. The van der Waals surface area contributed by atoms with Crippen LogP contribution in [0.15, 0.2) is 23.2 Å². The number of carbonyl (C=O) groups excluding carboxylic acids is 1. The molecule has 2 rings (SSSR count). The van der Waals surface area contributed by atoms with E-state index in [4.69, 9.17) is 10.5 Å². The number of nitrogens with two attached hydrogens (primary N) is 1. The fourth-order valence-corrected chi connectivity index (χ4v) is 1.56. The van der Waals surface area contributed by atoms with Crippen LogP contribution in [0.4, 0.5) is 5.69 Å². The quantitative estimate of drug-likeness (QED) is 0.677. The van der Waals surface area contributed by atoms with E-state index in [0.29, 0.717) is 5.69 Å². The second kappa shape index (κ2) is 3.14. The number of nitrogens with zero attached hydrogens (tertiary/aromatic N) is 1. The van der Waals surface area contributed by atoms with Crippen LogP contribution in [0.1, 0.15) is 17.2 Å². The molecule has 4 heteroatoms. The molecule has 0 radical (unpaired) electrons. The molecule has 1 heterocycles. The minimum Gasteiger partial charge on any atom is -0.449 e. The van der Waals surface area contributed by atoms with Crippen molar-refractivity contribution in [3.05, 3.63) is 29.3 Å². The van der Waals surface area contributed by atoms with E-state index in [1.807, 2.05) is 25.1 Å². The first kappa shape index (κ1) is 8.74. The first-order chi connectivity index (χ1) is 6.72. The fourth-order valence-electron chi connectivity index (χ4n) is 1.56. The molecule has 4 nitrogen and oxygen atoms in total. The van der Waals surface area contributed by atoms with E-state index in [9.17, 15) is 4.79 Å². The van der Waals surface area contributed by atoms with E-state index in [0.717, 1.165) is 17.4 Å². The molecule has 1 aromatic carbocycles. The van der Waals surface area contributed by atoms with E-state index in [2.05, 4.69) is 4.99 Å². The summed E-state index contributed by atoms with van der Waals surface area (Å²) in [6, 6.07) is 5.64. The van der Waals surface area contributed by atoms with Crippen LogP contribution in [-0.2, 0) is 9.53 Å². The van der Waals surface area contributed by atoms with Gasteiger partial charge in [0.15, 0.2) is 12.4 Å². The standard InChI is InChI=1S/C10H10N2O2/c1-6-3-2-4-7-9(6)8(5-13)14-10(11)12-7/h2-5,8H,1H3,(H2,11,12). The zero-order chi connectivity index (χ0) is 10.1. The molecule has 0 saturated heterocycles. The molecular formula is C10H10N2O2. The van der Waals surface area contributed by atoms with Crippen LogP contribution in [0.25, 0.3) is 0 Å². The minimum absolute atomic E-state index is 0.0419. The number of fused-ring (bicyclic) bond motifs is 1. The van der Waals surface area contributed by atoms with Crippen molar-refractivity contribution in [1.82, 2.24) is 0 Å². The van der Waals surface area contributed by atoms with Gasteiger partial charge in [-0.3, -0.25) is 4.79 Å². The second-order valence-corrected chi connectivity index (χ2v) is 3.13. The number of aryl methyl sites for hydroxylation is 1. The zero-order valence-corrected chi connectivity index (χ0v) is 7.73. The number of aliphatic imine (C=N–C) groups is 1. The van der Waals surface area contributed by atoms with Crippen molar-refractivity contribution in [3.63, 3.8) is 0 Å². The normalized spacial score (nSPS) is 19.2. The zero-order valence-electron chi connectivity index (χ0n) is 7.73. The third-order valence-electron chi connectivity index (χ3n) is 2.19. The van der Waals surface area contributed by atoms with Crippen molar-refractivity contribution in [2.24, 2.45) is 10.7 Å². The Labute approximate surface area is 81.4 Å². The Bertz CT molecular complexity index is 413. The van der Waals surface area contributed by atoms with Gasteiger partial charge in [0.25, 0.3) is 6.02 Å². The second-order valence-electron chi connectivity index (χ2n) is 3.13. The smallest absolute Gasteiger partial charge is 0.288 e. The van der Waals surface area contributed by atoms with E-state index in [-0.39, 0.29) is 6.02 Å². The number of amidine groups is 1. The Morgan fingerprint density at radius 3 is 3.07 bits per heavy atom. The third kappa shape index (κ3) is 1.25.